The number of carboxylic acid groups (broad SMARTS) is 1. The zero-order valence-corrected chi connectivity index (χ0v) is 20.6. The van der Waals surface area contributed by atoms with Crippen molar-refractivity contribution in [3.63, 3.8) is 0 Å². The number of ether oxygens (including phenoxy) is 1. The van der Waals surface area contributed by atoms with Gasteiger partial charge in [-0.3, -0.25) is 14.5 Å². The minimum Gasteiger partial charge on any atom is -0.489 e. The molecule has 1 atom stereocenters. The summed E-state index contributed by atoms with van der Waals surface area (Å²) in [6, 6.07) is 11.8. The maximum atomic E-state index is 12.9. The number of aliphatic carboxylic acids is 1. The molecular weight excluding hydrogens is 486 g/mol. The summed E-state index contributed by atoms with van der Waals surface area (Å²) in [4.78, 5) is 39.2. The van der Waals surface area contributed by atoms with Crippen molar-refractivity contribution in [2.75, 3.05) is 24.6 Å². The van der Waals surface area contributed by atoms with Crippen molar-refractivity contribution in [2.24, 2.45) is 5.73 Å². The lowest BCUT2D eigenvalue weighted by Crippen LogP contribution is -2.42. The Balaban J connectivity index is 1.38. The highest BCUT2D eigenvalue weighted by Crippen LogP contribution is 2.33. The molecule has 36 heavy (non-hydrogen) atoms. The first kappa shape index (κ1) is 25.6. The Hall–Kier alpha value is -3.44. The zero-order chi connectivity index (χ0) is 25.9. The van der Waals surface area contributed by atoms with Crippen molar-refractivity contribution < 1.29 is 32.6 Å². The van der Waals surface area contributed by atoms with E-state index >= 15 is 0 Å². The Morgan fingerprint density at radius 1 is 1.06 bits per heavy atom. The third kappa shape index (κ3) is 6.03. The van der Waals surface area contributed by atoms with Gasteiger partial charge in [0.05, 0.1) is 18.1 Å². The normalized spacial score (nSPS) is 18.0. The fourth-order valence-electron chi connectivity index (χ4n) is 4.47. The first-order valence-electron chi connectivity index (χ1n) is 11.7. The molecule has 2 amide bonds. The molecule has 2 heterocycles. The van der Waals surface area contributed by atoms with Gasteiger partial charge in [0.1, 0.15) is 18.4 Å². The van der Waals surface area contributed by atoms with Crippen LogP contribution >= 0.6 is 0 Å². The van der Waals surface area contributed by atoms with Gasteiger partial charge in [-0.2, -0.15) is 0 Å². The van der Waals surface area contributed by atoms with E-state index in [0.29, 0.717) is 36.5 Å². The fourth-order valence-corrected chi connectivity index (χ4v) is 5.75. The Morgan fingerprint density at radius 3 is 2.36 bits per heavy atom. The summed E-state index contributed by atoms with van der Waals surface area (Å²) in [6.45, 7) is 2.09. The summed E-state index contributed by atoms with van der Waals surface area (Å²) in [5, 5.41) is 9.61. The molecule has 0 aromatic heterocycles. The van der Waals surface area contributed by atoms with Crippen LogP contribution in [0.2, 0.25) is 0 Å². The Kier molecular flexibility index (Phi) is 7.60. The second-order valence-corrected chi connectivity index (χ2v) is 11.4. The Morgan fingerprint density at radius 2 is 1.72 bits per heavy atom. The summed E-state index contributed by atoms with van der Waals surface area (Å²) in [6.07, 6.45) is -0.187. The van der Waals surface area contributed by atoms with Crippen molar-refractivity contribution in [3.8, 4) is 5.75 Å². The number of carbonyl (C=O) groups is 3. The fraction of sp³-hybridized carbons (Fsp3) is 0.400. The largest absolute Gasteiger partial charge is 0.489 e. The molecule has 2 aliphatic heterocycles. The van der Waals surface area contributed by atoms with E-state index in [0.717, 1.165) is 11.1 Å². The van der Waals surface area contributed by atoms with Gasteiger partial charge in [-0.1, -0.05) is 30.3 Å². The standard InChI is InChI=1S/C25H29N3O7S/c26-23(29)9-8-21(25(31)32)28-15-20-19(24(28)30)2-1-3-22(20)35-16-18-6-4-17(5-7-18)14-27-10-12-36(33,34)13-11-27/h1-7,21H,8-16H2,(H2,26,29)(H,31,32). The lowest BCUT2D eigenvalue weighted by Gasteiger charge is -2.26. The molecule has 0 bridgehead atoms. The van der Waals surface area contributed by atoms with Gasteiger partial charge in [0.2, 0.25) is 5.91 Å². The second kappa shape index (κ2) is 10.7. The van der Waals surface area contributed by atoms with E-state index in [2.05, 4.69) is 4.90 Å². The number of nitrogens with two attached hydrogens (primary N) is 1. The summed E-state index contributed by atoms with van der Waals surface area (Å²) in [7, 11) is -2.91. The van der Waals surface area contributed by atoms with Crippen molar-refractivity contribution in [3.05, 3.63) is 64.7 Å². The van der Waals surface area contributed by atoms with Crippen molar-refractivity contribution in [1.82, 2.24) is 9.80 Å². The van der Waals surface area contributed by atoms with E-state index in [9.17, 15) is 27.9 Å². The number of benzene rings is 2. The number of rotatable bonds is 10. The van der Waals surface area contributed by atoms with Crippen LogP contribution in [0, 0.1) is 0 Å². The highest BCUT2D eigenvalue weighted by Gasteiger charge is 2.37. The number of hydrogen-bond acceptors (Lipinski definition) is 7. The van der Waals surface area contributed by atoms with Gasteiger partial charge in [-0.05, 0) is 29.7 Å². The van der Waals surface area contributed by atoms with Gasteiger partial charge in [-0.25, -0.2) is 13.2 Å². The minimum atomic E-state index is -2.91. The lowest BCUT2D eigenvalue weighted by molar-refractivity contribution is -0.142. The summed E-state index contributed by atoms with van der Waals surface area (Å²) in [5.74, 6) is -1.34. The summed E-state index contributed by atoms with van der Waals surface area (Å²) in [5.41, 5.74) is 8.16. The highest BCUT2D eigenvalue weighted by atomic mass is 32.2. The second-order valence-electron chi connectivity index (χ2n) is 9.11. The Labute approximate surface area is 209 Å². The first-order valence-corrected chi connectivity index (χ1v) is 13.5. The maximum absolute atomic E-state index is 12.9. The molecule has 0 aliphatic carbocycles. The number of carboxylic acids is 1. The zero-order valence-electron chi connectivity index (χ0n) is 19.8. The number of hydrogen-bond donors (Lipinski definition) is 2. The minimum absolute atomic E-state index is 0.0554. The van der Waals surface area contributed by atoms with E-state index in [1.165, 1.54) is 4.90 Å². The highest BCUT2D eigenvalue weighted by molar-refractivity contribution is 7.91. The number of nitrogens with zero attached hydrogens (tertiary/aromatic N) is 2. The van der Waals surface area contributed by atoms with Crippen LogP contribution in [-0.4, -0.2) is 71.7 Å². The molecule has 0 saturated carbocycles. The monoisotopic (exact) mass is 515 g/mol. The molecule has 1 fully saturated rings. The van der Waals surface area contributed by atoms with Crippen LogP contribution < -0.4 is 10.5 Å². The molecule has 2 aromatic rings. The first-order chi connectivity index (χ1) is 17.1. The summed E-state index contributed by atoms with van der Waals surface area (Å²) < 4.78 is 29.2. The molecule has 0 spiro atoms. The predicted octanol–water partition coefficient (Wildman–Crippen LogP) is 1.17. The molecule has 11 heteroatoms. The van der Waals surface area contributed by atoms with Crippen molar-refractivity contribution in [1.29, 1.82) is 0 Å². The average molecular weight is 516 g/mol. The lowest BCUT2D eigenvalue weighted by atomic mass is 10.1. The topological polar surface area (TPSA) is 147 Å². The predicted molar refractivity (Wildman–Crippen MR) is 131 cm³/mol. The molecule has 2 aromatic carbocycles. The smallest absolute Gasteiger partial charge is 0.326 e. The van der Waals surface area contributed by atoms with Crippen LogP contribution in [0.4, 0.5) is 0 Å². The van der Waals surface area contributed by atoms with Gasteiger partial charge in [0, 0.05) is 37.2 Å². The average Bonchev–Trinajstić information content (AvgIpc) is 3.16. The molecule has 192 valence electrons. The van der Waals surface area contributed by atoms with E-state index in [1.807, 2.05) is 24.3 Å². The number of amides is 2. The van der Waals surface area contributed by atoms with Crippen LogP contribution in [0.5, 0.6) is 5.75 Å². The molecule has 0 radical (unpaired) electrons. The molecule has 2 aliphatic rings. The van der Waals surface area contributed by atoms with Crippen LogP contribution in [-0.2, 0) is 39.1 Å². The van der Waals surface area contributed by atoms with Crippen molar-refractivity contribution >= 4 is 27.6 Å². The molecule has 1 unspecified atom stereocenters. The van der Waals surface area contributed by atoms with Gasteiger partial charge in [0.15, 0.2) is 9.84 Å². The number of fused-ring (bicyclic) bond motifs is 1. The van der Waals surface area contributed by atoms with Gasteiger partial charge in [0.25, 0.3) is 5.91 Å². The van der Waals surface area contributed by atoms with Crippen LogP contribution in [0.1, 0.15) is 39.9 Å². The van der Waals surface area contributed by atoms with E-state index < -0.39 is 33.7 Å². The number of carbonyl (C=O) groups excluding carboxylic acids is 2. The molecule has 3 N–H and O–H groups in total. The van der Waals surface area contributed by atoms with E-state index in [4.69, 9.17) is 10.5 Å². The van der Waals surface area contributed by atoms with Crippen LogP contribution in [0.15, 0.2) is 42.5 Å². The SMILES string of the molecule is NC(=O)CCC(C(=O)O)N1Cc2c(OCc3ccc(CN4CCS(=O)(=O)CC4)cc3)cccc2C1=O. The van der Waals surface area contributed by atoms with E-state index in [-0.39, 0.29) is 37.5 Å². The Bertz CT molecular complexity index is 1250. The molecule has 4 rings (SSSR count). The number of sulfone groups is 1. The molecular formula is C25H29N3O7S. The summed E-state index contributed by atoms with van der Waals surface area (Å²) >= 11 is 0. The van der Waals surface area contributed by atoms with Gasteiger partial charge >= 0.3 is 5.97 Å². The third-order valence-electron chi connectivity index (χ3n) is 6.54. The molecule has 1 saturated heterocycles. The van der Waals surface area contributed by atoms with E-state index in [1.54, 1.807) is 18.2 Å². The van der Waals surface area contributed by atoms with Gasteiger partial charge < -0.3 is 20.5 Å². The quantitative estimate of drug-likeness (QED) is 0.479. The maximum Gasteiger partial charge on any atom is 0.326 e. The third-order valence-corrected chi connectivity index (χ3v) is 8.15. The van der Waals surface area contributed by atoms with Crippen LogP contribution in [0.25, 0.3) is 0 Å². The number of primary amides is 1. The van der Waals surface area contributed by atoms with Crippen molar-refractivity contribution in [2.45, 2.75) is 38.6 Å². The van der Waals surface area contributed by atoms with Crippen LogP contribution in [0.3, 0.4) is 0 Å². The van der Waals surface area contributed by atoms with Gasteiger partial charge in [-0.15, -0.1) is 0 Å². The molecule has 10 nitrogen and oxygen atoms in total.